The Morgan fingerprint density at radius 1 is 1.38 bits per heavy atom. The van der Waals surface area contributed by atoms with Crippen LogP contribution >= 0.6 is 0 Å². The lowest BCUT2D eigenvalue weighted by atomic mass is 10.0. The van der Waals surface area contributed by atoms with Gasteiger partial charge < -0.3 is 4.42 Å². The lowest BCUT2D eigenvalue weighted by molar-refractivity contribution is 0.451. The predicted octanol–water partition coefficient (Wildman–Crippen LogP) is 2.90. The second kappa shape index (κ2) is 3.96. The summed E-state index contributed by atoms with van der Waals surface area (Å²) in [7, 11) is 0. The van der Waals surface area contributed by atoms with E-state index in [0.29, 0.717) is 17.0 Å². The van der Waals surface area contributed by atoms with Crippen LogP contribution in [0.1, 0.15) is 25.5 Å². The molecule has 0 saturated carbocycles. The summed E-state index contributed by atoms with van der Waals surface area (Å²) in [5.41, 5.74) is 1.18. The van der Waals surface area contributed by atoms with Crippen LogP contribution in [0.2, 0.25) is 0 Å². The van der Waals surface area contributed by atoms with Crippen molar-refractivity contribution in [2.24, 2.45) is 0 Å². The number of benzene rings is 1. The van der Waals surface area contributed by atoms with Crippen molar-refractivity contribution in [2.75, 3.05) is 0 Å². The molecule has 1 aromatic carbocycles. The maximum atomic E-state index is 13.1. The van der Waals surface area contributed by atoms with E-state index in [9.17, 15) is 9.18 Å². The molecular formula is C12H12FNO2. The van der Waals surface area contributed by atoms with Gasteiger partial charge in [0.15, 0.2) is 0 Å². The first-order chi connectivity index (χ1) is 7.58. The number of rotatable bonds is 2. The molecule has 4 heteroatoms. The Morgan fingerprint density at radius 3 is 2.75 bits per heavy atom. The Hall–Kier alpha value is -1.84. The molecule has 0 aliphatic heterocycles. The number of halogens is 1. The van der Waals surface area contributed by atoms with Gasteiger partial charge in [0, 0.05) is 11.5 Å². The third-order valence-corrected chi connectivity index (χ3v) is 2.31. The standard InChI is InChI=1S/C12H12FNO2/c1-7(2)11-10(14-12(15)16-11)8-4-3-5-9(13)6-8/h3-7H,1-2H3,(H,14,15). The summed E-state index contributed by atoms with van der Waals surface area (Å²) in [6.07, 6.45) is 0. The lowest BCUT2D eigenvalue weighted by Crippen LogP contribution is -1.94. The van der Waals surface area contributed by atoms with Gasteiger partial charge in [-0.2, -0.15) is 0 Å². The molecule has 2 rings (SSSR count). The monoisotopic (exact) mass is 221 g/mol. The molecule has 0 saturated heterocycles. The molecule has 1 N–H and O–H groups in total. The first kappa shape index (κ1) is 10.7. The van der Waals surface area contributed by atoms with Gasteiger partial charge in [-0.05, 0) is 12.1 Å². The van der Waals surface area contributed by atoms with Crippen LogP contribution in [0.25, 0.3) is 11.3 Å². The van der Waals surface area contributed by atoms with Crippen molar-refractivity contribution < 1.29 is 8.81 Å². The highest BCUT2D eigenvalue weighted by Crippen LogP contribution is 2.26. The average Bonchev–Trinajstić information content (AvgIpc) is 2.60. The predicted molar refractivity (Wildman–Crippen MR) is 58.8 cm³/mol. The smallest absolute Gasteiger partial charge is 0.412 e. The van der Waals surface area contributed by atoms with Crippen molar-refractivity contribution in [2.45, 2.75) is 19.8 Å². The average molecular weight is 221 g/mol. The Bertz CT molecular complexity index is 554. The van der Waals surface area contributed by atoms with E-state index in [-0.39, 0.29) is 11.7 Å². The molecule has 84 valence electrons. The minimum absolute atomic E-state index is 0.0669. The molecule has 0 spiro atoms. The molecule has 0 atom stereocenters. The summed E-state index contributed by atoms with van der Waals surface area (Å²) < 4.78 is 18.1. The van der Waals surface area contributed by atoms with E-state index in [1.807, 2.05) is 13.8 Å². The van der Waals surface area contributed by atoms with Crippen LogP contribution < -0.4 is 5.76 Å². The van der Waals surface area contributed by atoms with Gasteiger partial charge in [0.25, 0.3) is 0 Å². The van der Waals surface area contributed by atoms with Crippen molar-refractivity contribution >= 4 is 0 Å². The van der Waals surface area contributed by atoms with Crippen molar-refractivity contribution in [3.63, 3.8) is 0 Å². The van der Waals surface area contributed by atoms with Gasteiger partial charge in [-0.25, -0.2) is 9.18 Å². The third-order valence-electron chi connectivity index (χ3n) is 2.31. The van der Waals surface area contributed by atoms with Gasteiger partial charge in [0.05, 0.1) is 5.69 Å². The number of aromatic amines is 1. The molecule has 0 aliphatic rings. The topological polar surface area (TPSA) is 46.0 Å². The molecule has 1 aromatic heterocycles. The second-order valence-electron chi connectivity index (χ2n) is 3.92. The summed E-state index contributed by atoms with van der Waals surface area (Å²) in [5, 5.41) is 0. The number of oxazole rings is 1. The summed E-state index contributed by atoms with van der Waals surface area (Å²) in [6, 6.07) is 6.05. The largest absolute Gasteiger partial charge is 0.416 e. The van der Waals surface area contributed by atoms with Crippen LogP contribution in [0.4, 0.5) is 4.39 Å². The zero-order chi connectivity index (χ0) is 11.7. The quantitative estimate of drug-likeness (QED) is 0.847. The number of nitrogens with one attached hydrogen (secondary N) is 1. The number of H-pyrrole nitrogens is 1. The molecular weight excluding hydrogens is 209 g/mol. The molecule has 0 radical (unpaired) electrons. The Morgan fingerprint density at radius 2 is 2.12 bits per heavy atom. The zero-order valence-electron chi connectivity index (χ0n) is 9.08. The normalized spacial score (nSPS) is 11.0. The van der Waals surface area contributed by atoms with Gasteiger partial charge >= 0.3 is 5.76 Å². The summed E-state index contributed by atoms with van der Waals surface area (Å²) in [4.78, 5) is 13.7. The van der Waals surface area contributed by atoms with Crippen LogP contribution in [0.5, 0.6) is 0 Å². The number of hydrogen-bond donors (Lipinski definition) is 1. The SMILES string of the molecule is CC(C)c1oc(=O)[nH]c1-c1cccc(F)c1. The van der Waals surface area contributed by atoms with Crippen molar-refractivity contribution in [1.82, 2.24) is 4.98 Å². The molecule has 3 nitrogen and oxygen atoms in total. The van der Waals surface area contributed by atoms with Gasteiger partial charge in [-0.15, -0.1) is 0 Å². The minimum atomic E-state index is -0.511. The van der Waals surface area contributed by atoms with Crippen molar-refractivity contribution in [1.29, 1.82) is 0 Å². The highest BCUT2D eigenvalue weighted by molar-refractivity contribution is 5.61. The fourth-order valence-corrected chi connectivity index (χ4v) is 1.61. The maximum absolute atomic E-state index is 13.1. The van der Waals surface area contributed by atoms with Crippen LogP contribution in [-0.4, -0.2) is 4.98 Å². The third kappa shape index (κ3) is 1.91. The number of aromatic nitrogens is 1. The van der Waals surface area contributed by atoms with Crippen LogP contribution in [0.15, 0.2) is 33.5 Å². The molecule has 0 amide bonds. The van der Waals surface area contributed by atoms with E-state index in [2.05, 4.69) is 4.98 Å². The Kier molecular flexibility index (Phi) is 2.64. The fourth-order valence-electron chi connectivity index (χ4n) is 1.61. The van der Waals surface area contributed by atoms with Gasteiger partial charge in [0.1, 0.15) is 11.6 Å². The van der Waals surface area contributed by atoms with Crippen molar-refractivity contribution in [3.05, 3.63) is 46.4 Å². The maximum Gasteiger partial charge on any atom is 0.416 e. The molecule has 16 heavy (non-hydrogen) atoms. The molecule has 1 heterocycles. The highest BCUT2D eigenvalue weighted by Gasteiger charge is 2.15. The second-order valence-corrected chi connectivity index (χ2v) is 3.92. The van der Waals surface area contributed by atoms with E-state index in [1.54, 1.807) is 12.1 Å². The molecule has 0 aliphatic carbocycles. The van der Waals surface area contributed by atoms with Crippen molar-refractivity contribution in [3.8, 4) is 11.3 Å². The Labute approximate surface area is 91.9 Å². The fraction of sp³-hybridized carbons (Fsp3) is 0.250. The molecule has 0 fully saturated rings. The van der Waals surface area contributed by atoms with Gasteiger partial charge in [-0.1, -0.05) is 26.0 Å². The van der Waals surface area contributed by atoms with Crippen LogP contribution in [0.3, 0.4) is 0 Å². The first-order valence-corrected chi connectivity index (χ1v) is 5.07. The summed E-state index contributed by atoms with van der Waals surface area (Å²) in [6.45, 7) is 3.82. The van der Waals surface area contributed by atoms with Gasteiger partial charge in [-0.3, -0.25) is 4.98 Å². The Balaban J connectivity index is 2.59. The summed E-state index contributed by atoms with van der Waals surface area (Å²) in [5.74, 6) is -0.231. The van der Waals surface area contributed by atoms with Crippen LogP contribution in [0, 0.1) is 5.82 Å². The summed E-state index contributed by atoms with van der Waals surface area (Å²) >= 11 is 0. The first-order valence-electron chi connectivity index (χ1n) is 5.07. The lowest BCUT2D eigenvalue weighted by Gasteiger charge is -2.04. The van der Waals surface area contributed by atoms with Crippen LogP contribution in [-0.2, 0) is 0 Å². The number of hydrogen-bond acceptors (Lipinski definition) is 2. The minimum Gasteiger partial charge on any atom is -0.412 e. The molecule has 0 bridgehead atoms. The van der Waals surface area contributed by atoms with E-state index in [4.69, 9.17) is 4.42 Å². The van der Waals surface area contributed by atoms with E-state index in [0.717, 1.165) is 0 Å². The van der Waals surface area contributed by atoms with Gasteiger partial charge in [0.2, 0.25) is 0 Å². The van der Waals surface area contributed by atoms with E-state index in [1.165, 1.54) is 12.1 Å². The van der Waals surface area contributed by atoms with E-state index < -0.39 is 5.76 Å². The molecule has 2 aromatic rings. The molecule has 0 unspecified atom stereocenters. The highest BCUT2D eigenvalue weighted by atomic mass is 19.1. The zero-order valence-corrected chi connectivity index (χ0v) is 9.08. The van der Waals surface area contributed by atoms with E-state index >= 15 is 0 Å².